The van der Waals surface area contributed by atoms with Crippen LogP contribution >= 0.6 is 15.6 Å². The van der Waals surface area contributed by atoms with Crippen molar-refractivity contribution >= 4 is 33.4 Å². The Morgan fingerprint density at radius 3 is 1.96 bits per heavy atom. The van der Waals surface area contributed by atoms with Gasteiger partial charge in [-0.05, 0) is 44.1 Å². The van der Waals surface area contributed by atoms with Gasteiger partial charge >= 0.3 is 33.3 Å². The van der Waals surface area contributed by atoms with Gasteiger partial charge < -0.3 is 50.2 Å². The lowest BCUT2D eigenvalue weighted by Gasteiger charge is -2.21. The van der Waals surface area contributed by atoms with Gasteiger partial charge in [-0.2, -0.15) is 9.29 Å². The summed E-state index contributed by atoms with van der Waals surface area (Å²) in [5, 5.41) is 41.2. The second kappa shape index (κ2) is 34.9. The second-order valence-electron chi connectivity index (χ2n) is 17.5. The topological polar surface area (TPSA) is 306 Å². The summed E-state index contributed by atoms with van der Waals surface area (Å²) in [5.41, 5.74) is 4.56. The Morgan fingerprint density at radius 1 is 0.783 bits per heavy atom. The molecule has 2 rings (SSSR count). The van der Waals surface area contributed by atoms with Crippen LogP contribution in [-0.4, -0.2) is 108 Å². The number of aromatic nitrogens is 2. The predicted molar refractivity (Wildman–Crippen MR) is 259 cm³/mol. The minimum Gasteiger partial charge on any atom is -0.462 e. The summed E-state index contributed by atoms with van der Waals surface area (Å²) in [5.74, 6) is -0.819. The molecule has 1 aromatic heterocycles. The van der Waals surface area contributed by atoms with Crippen LogP contribution in [0.15, 0.2) is 65.7 Å². The first kappa shape index (κ1) is 61.8. The molecule has 0 aliphatic carbocycles. The monoisotopic (exact) mass is 1020 g/mol. The molecule has 0 aromatic carbocycles. The van der Waals surface area contributed by atoms with Crippen molar-refractivity contribution in [3.05, 3.63) is 71.4 Å². The smallest absolute Gasteiger partial charge is 0.462 e. The van der Waals surface area contributed by atoms with E-state index in [0.717, 1.165) is 68.0 Å². The number of esters is 2. The molecule has 9 atom stereocenters. The van der Waals surface area contributed by atoms with E-state index in [1.807, 2.05) is 24.3 Å². The van der Waals surface area contributed by atoms with Crippen LogP contribution in [0.3, 0.4) is 0 Å². The first-order chi connectivity index (χ1) is 32.8. The van der Waals surface area contributed by atoms with E-state index in [4.69, 9.17) is 29.0 Å². The van der Waals surface area contributed by atoms with E-state index in [1.54, 1.807) is 24.3 Å². The van der Waals surface area contributed by atoms with Gasteiger partial charge in [0, 0.05) is 19.0 Å². The van der Waals surface area contributed by atoms with E-state index in [0.29, 0.717) is 12.8 Å². The Morgan fingerprint density at radius 2 is 1.35 bits per heavy atom. The summed E-state index contributed by atoms with van der Waals surface area (Å²) in [4.78, 5) is 61.8. The molecule has 1 aromatic rings. The third-order valence-electron chi connectivity index (χ3n) is 10.8. The Labute approximate surface area is 406 Å². The van der Waals surface area contributed by atoms with Crippen molar-refractivity contribution in [3.8, 4) is 0 Å². The van der Waals surface area contributed by atoms with Crippen molar-refractivity contribution in [1.82, 2.24) is 9.55 Å². The molecule has 8 N–H and O–H groups in total. The van der Waals surface area contributed by atoms with Gasteiger partial charge in [0.05, 0.1) is 25.4 Å². The molecule has 0 spiro atoms. The lowest BCUT2D eigenvalue weighted by molar-refractivity contribution is -0.161. The molecule has 20 nitrogen and oxygen atoms in total. The van der Waals surface area contributed by atoms with Gasteiger partial charge in [0.15, 0.2) is 12.3 Å². The standard InChI is InChI=1S/C47H79N3O17P2/c1-4-5-18-25-37(51)26-20-15-11-9-12-16-21-27-38(52)28-23-30-43(54)65-39(33-62-42(53)29-22-17-13-8-6-7-10-14-19-24-36(2)3)34-63-68(58,59)67-69(60,61)64-35-40-44(55)45(56)46(66-40)50-32-31-41(48)49-47(50)57/h11-12,15-16,20-21,26-27,31-32,36-40,44-46,51-52,55-56H,4-10,13-14,17-19,22-25,28-30,33-35H2,1-3H3,(H,58,59)(H,60,61)(H2,48,49,57)/b15-11-,16-12-,26-20+,27-21+/t37-,38-,39-,40-,44-,45-,46-/m1/s1. The summed E-state index contributed by atoms with van der Waals surface area (Å²) in [6.07, 6.45) is 21.4. The zero-order valence-corrected chi connectivity index (χ0v) is 42.3. The van der Waals surface area contributed by atoms with Gasteiger partial charge in [-0.25, -0.2) is 13.9 Å². The largest absolute Gasteiger partial charge is 0.481 e. The summed E-state index contributed by atoms with van der Waals surface area (Å²) >= 11 is 0. The van der Waals surface area contributed by atoms with E-state index < -0.39 is 95.9 Å². The number of ether oxygens (including phenoxy) is 3. The fourth-order valence-electron chi connectivity index (χ4n) is 6.95. The van der Waals surface area contributed by atoms with Crippen LogP contribution in [0.2, 0.25) is 0 Å². The number of phosphoric acid groups is 2. The summed E-state index contributed by atoms with van der Waals surface area (Å²) < 4.78 is 56.4. The maximum Gasteiger partial charge on any atom is 0.481 e. The fourth-order valence-corrected chi connectivity index (χ4v) is 9.06. The number of aliphatic hydroxyl groups excluding tert-OH is 4. The average Bonchev–Trinajstić information content (AvgIpc) is 3.56. The van der Waals surface area contributed by atoms with E-state index in [-0.39, 0.29) is 31.5 Å². The van der Waals surface area contributed by atoms with Crippen LogP contribution in [-0.2, 0) is 46.3 Å². The number of carbonyl (C=O) groups excluding carboxylic acids is 2. The third kappa shape index (κ3) is 28.9. The number of phosphoric ester groups is 2. The molecule has 69 heavy (non-hydrogen) atoms. The summed E-state index contributed by atoms with van der Waals surface area (Å²) in [6.45, 7) is 4.07. The molecular weight excluding hydrogens is 940 g/mol. The molecule has 0 radical (unpaired) electrons. The second-order valence-corrected chi connectivity index (χ2v) is 20.5. The van der Waals surface area contributed by atoms with E-state index in [1.165, 1.54) is 38.2 Å². The highest BCUT2D eigenvalue weighted by Gasteiger charge is 2.46. The van der Waals surface area contributed by atoms with Gasteiger partial charge in [0.2, 0.25) is 0 Å². The Hall–Kier alpha value is -3.36. The van der Waals surface area contributed by atoms with E-state index in [9.17, 15) is 53.7 Å². The van der Waals surface area contributed by atoms with Crippen LogP contribution in [0.5, 0.6) is 0 Å². The van der Waals surface area contributed by atoms with Crippen molar-refractivity contribution in [1.29, 1.82) is 0 Å². The molecule has 1 aliphatic heterocycles. The molecule has 1 saturated heterocycles. The molecule has 0 amide bonds. The number of unbranched alkanes of at least 4 members (excludes halogenated alkanes) is 10. The van der Waals surface area contributed by atoms with Crippen LogP contribution in [0.25, 0.3) is 0 Å². The van der Waals surface area contributed by atoms with Crippen LogP contribution in [0, 0.1) is 5.92 Å². The maximum absolute atomic E-state index is 12.8. The number of aliphatic hydroxyl groups is 4. The minimum atomic E-state index is -5.48. The molecule has 2 heterocycles. The first-order valence-electron chi connectivity index (χ1n) is 24.2. The van der Waals surface area contributed by atoms with Gasteiger partial charge in [-0.1, -0.05) is 146 Å². The van der Waals surface area contributed by atoms with Crippen molar-refractivity contribution < 1.29 is 76.5 Å². The van der Waals surface area contributed by atoms with Gasteiger partial charge in [-0.15, -0.1) is 0 Å². The van der Waals surface area contributed by atoms with E-state index >= 15 is 0 Å². The Kier molecular flexibility index (Phi) is 31.2. The van der Waals surface area contributed by atoms with Crippen molar-refractivity contribution in [2.24, 2.45) is 5.92 Å². The highest BCUT2D eigenvalue weighted by atomic mass is 31.3. The lowest BCUT2D eigenvalue weighted by Crippen LogP contribution is -2.36. The number of allylic oxidation sites excluding steroid dienone is 6. The lowest BCUT2D eigenvalue weighted by atomic mass is 10.0. The average molecular weight is 1020 g/mol. The van der Waals surface area contributed by atoms with Gasteiger partial charge in [-0.3, -0.25) is 23.2 Å². The molecule has 2 unspecified atom stereocenters. The fraction of sp³-hybridized carbons (Fsp3) is 0.702. The highest BCUT2D eigenvalue weighted by molar-refractivity contribution is 7.61. The van der Waals surface area contributed by atoms with Crippen molar-refractivity contribution in [2.75, 3.05) is 25.6 Å². The molecule has 0 saturated carbocycles. The quantitative estimate of drug-likeness (QED) is 0.0149. The molecule has 1 aliphatic rings. The molecule has 0 bridgehead atoms. The molecule has 22 heteroatoms. The minimum absolute atomic E-state index is 0.0764. The SMILES string of the molecule is CCCCC[C@@H](O)/C=C/C=C\C/C=C\C=C\[C@@H](O)CCCC(=O)O[C@H](COC(=O)CCCCCCCCCCCC(C)C)COP(=O)(O)OP(=O)(O)OC[C@H]1O[C@@H](n2ccc(N)nc2=O)[C@H](O)[C@@H]1O. The van der Waals surface area contributed by atoms with Crippen LogP contribution in [0.4, 0.5) is 5.82 Å². The number of hydrogen-bond donors (Lipinski definition) is 7. The molecular formula is C47H79N3O17P2. The van der Waals surface area contributed by atoms with Crippen LogP contribution < -0.4 is 11.4 Å². The summed E-state index contributed by atoms with van der Waals surface area (Å²) in [6, 6.07) is 1.23. The number of rotatable bonds is 38. The zero-order valence-electron chi connectivity index (χ0n) is 40.5. The predicted octanol–water partition coefficient (Wildman–Crippen LogP) is 7.18. The normalized spacial score (nSPS) is 20.8. The van der Waals surface area contributed by atoms with Gasteiger partial charge in [0.1, 0.15) is 30.7 Å². The number of carbonyl (C=O) groups is 2. The number of nitrogen functional groups attached to an aromatic ring is 1. The van der Waals surface area contributed by atoms with Crippen molar-refractivity contribution in [3.63, 3.8) is 0 Å². The number of nitrogens with zero attached hydrogens (tertiary/aromatic N) is 2. The molecule has 394 valence electrons. The van der Waals surface area contributed by atoms with E-state index in [2.05, 4.69) is 30.1 Å². The number of anilines is 1. The number of hydrogen-bond acceptors (Lipinski definition) is 17. The number of nitrogens with two attached hydrogens (primary N) is 1. The molecule has 1 fully saturated rings. The maximum atomic E-state index is 12.8. The zero-order chi connectivity index (χ0) is 51.1. The Balaban J connectivity index is 1.89. The van der Waals surface area contributed by atoms with Gasteiger partial charge in [0.25, 0.3) is 0 Å². The Bertz CT molecular complexity index is 1890. The summed E-state index contributed by atoms with van der Waals surface area (Å²) in [7, 11) is -10.9. The van der Waals surface area contributed by atoms with Crippen LogP contribution in [0.1, 0.15) is 149 Å². The third-order valence-corrected chi connectivity index (χ3v) is 13.4. The first-order valence-corrected chi connectivity index (χ1v) is 27.2. The highest BCUT2D eigenvalue weighted by Crippen LogP contribution is 2.60. The van der Waals surface area contributed by atoms with Crippen molar-refractivity contribution in [2.45, 2.75) is 186 Å².